The molecule has 1 aliphatic heterocycles. The smallest absolute Gasteiger partial charge is 0.356 e. The van der Waals surface area contributed by atoms with Gasteiger partial charge in [0.2, 0.25) is 5.91 Å². The van der Waals surface area contributed by atoms with Crippen LogP contribution in [0.4, 0.5) is 8.78 Å². The fraction of sp³-hybridized carbons (Fsp3) is 0.615. The molecule has 1 amide bonds. The Balaban J connectivity index is 1.55. The molecule has 1 aromatic rings. The number of nitrogens with zero attached hydrogens (tertiary/aromatic N) is 2. The van der Waals surface area contributed by atoms with Gasteiger partial charge >= 0.3 is 5.97 Å². The number of ether oxygens (including phenoxy) is 1. The van der Waals surface area contributed by atoms with Gasteiger partial charge in [-0.05, 0) is 18.9 Å². The van der Waals surface area contributed by atoms with Crippen molar-refractivity contribution in [2.75, 3.05) is 13.2 Å². The Morgan fingerprint density at radius 3 is 2.95 bits per heavy atom. The summed E-state index contributed by atoms with van der Waals surface area (Å²) in [5.41, 5.74) is -1.76. The lowest BCUT2D eigenvalue weighted by Crippen LogP contribution is -2.42. The summed E-state index contributed by atoms with van der Waals surface area (Å²) < 4.78 is 33.9. The van der Waals surface area contributed by atoms with Crippen molar-refractivity contribution in [1.82, 2.24) is 15.1 Å². The van der Waals surface area contributed by atoms with Crippen LogP contribution >= 0.6 is 0 Å². The molecule has 0 unspecified atom stereocenters. The molecule has 0 bridgehead atoms. The van der Waals surface area contributed by atoms with E-state index in [-0.39, 0.29) is 25.4 Å². The average molecular weight is 315 g/mol. The van der Waals surface area contributed by atoms with E-state index in [9.17, 15) is 18.4 Å². The van der Waals surface area contributed by atoms with Gasteiger partial charge in [0, 0.05) is 12.8 Å². The summed E-state index contributed by atoms with van der Waals surface area (Å²) >= 11 is 0. The lowest BCUT2D eigenvalue weighted by Gasteiger charge is -2.21. The monoisotopic (exact) mass is 315 g/mol. The van der Waals surface area contributed by atoms with Crippen LogP contribution in [0.15, 0.2) is 12.3 Å². The van der Waals surface area contributed by atoms with Gasteiger partial charge in [-0.15, -0.1) is 0 Å². The lowest BCUT2D eigenvalue weighted by atomic mass is 10.1. The number of aromatic carboxylic acids is 1. The van der Waals surface area contributed by atoms with Crippen molar-refractivity contribution >= 4 is 11.9 Å². The van der Waals surface area contributed by atoms with Gasteiger partial charge < -0.3 is 15.2 Å². The van der Waals surface area contributed by atoms with Gasteiger partial charge in [0.1, 0.15) is 6.54 Å². The first-order valence-electron chi connectivity index (χ1n) is 6.92. The van der Waals surface area contributed by atoms with Crippen molar-refractivity contribution < 1.29 is 28.2 Å². The second-order valence-corrected chi connectivity index (χ2v) is 5.54. The zero-order valence-corrected chi connectivity index (χ0v) is 11.6. The number of alkyl halides is 2. The summed E-state index contributed by atoms with van der Waals surface area (Å²) in [5, 5.41) is 14.8. The number of carbonyl (C=O) groups is 2. The Hall–Kier alpha value is -2.03. The summed E-state index contributed by atoms with van der Waals surface area (Å²) in [6.45, 7) is -0.223. The van der Waals surface area contributed by atoms with Crippen molar-refractivity contribution in [1.29, 1.82) is 0 Å². The van der Waals surface area contributed by atoms with Gasteiger partial charge in [-0.25, -0.2) is 13.6 Å². The zero-order chi connectivity index (χ0) is 16.0. The maximum Gasteiger partial charge on any atom is 0.356 e. The number of rotatable bonds is 5. The number of carbonyl (C=O) groups excluding carboxylic acids is 1. The van der Waals surface area contributed by atoms with Crippen molar-refractivity contribution in [3.63, 3.8) is 0 Å². The molecule has 0 aromatic carbocycles. The third-order valence-corrected chi connectivity index (χ3v) is 4.19. The van der Waals surface area contributed by atoms with Crippen LogP contribution in [0.25, 0.3) is 0 Å². The van der Waals surface area contributed by atoms with E-state index in [2.05, 4.69) is 10.4 Å². The molecule has 22 heavy (non-hydrogen) atoms. The number of amides is 1. The first-order chi connectivity index (χ1) is 10.4. The van der Waals surface area contributed by atoms with Crippen molar-refractivity contribution in [2.45, 2.75) is 30.9 Å². The van der Waals surface area contributed by atoms with Crippen LogP contribution in [0.1, 0.15) is 23.3 Å². The number of nitrogens with one attached hydrogen (secondary N) is 1. The number of hydrogen-bond acceptors (Lipinski definition) is 4. The molecule has 3 rings (SSSR count). The maximum atomic E-state index is 13.8. The Morgan fingerprint density at radius 1 is 1.55 bits per heavy atom. The number of carboxylic acid groups (broad SMARTS) is 1. The van der Waals surface area contributed by atoms with Gasteiger partial charge in [-0.2, -0.15) is 5.10 Å². The largest absolute Gasteiger partial charge is 0.476 e. The van der Waals surface area contributed by atoms with Crippen LogP contribution < -0.4 is 5.32 Å². The zero-order valence-electron chi connectivity index (χ0n) is 11.6. The van der Waals surface area contributed by atoms with Crippen LogP contribution in [0.3, 0.4) is 0 Å². The highest BCUT2D eigenvalue weighted by atomic mass is 19.3. The highest BCUT2D eigenvalue weighted by Gasteiger charge is 2.82. The molecule has 7 nitrogen and oxygen atoms in total. The van der Waals surface area contributed by atoms with E-state index in [1.54, 1.807) is 0 Å². The van der Waals surface area contributed by atoms with Gasteiger partial charge in [-0.1, -0.05) is 0 Å². The normalized spacial score (nSPS) is 28.7. The van der Waals surface area contributed by atoms with Crippen LogP contribution in [0.5, 0.6) is 0 Å². The van der Waals surface area contributed by atoms with Crippen molar-refractivity contribution in [2.24, 2.45) is 5.92 Å². The molecule has 2 aliphatic rings. The first kappa shape index (κ1) is 14.9. The summed E-state index contributed by atoms with van der Waals surface area (Å²) in [6.07, 6.45) is 2.33. The van der Waals surface area contributed by atoms with Gasteiger partial charge in [0.25, 0.3) is 5.92 Å². The predicted molar refractivity (Wildman–Crippen MR) is 68.6 cm³/mol. The summed E-state index contributed by atoms with van der Waals surface area (Å²) in [5.74, 6) is -5.46. The van der Waals surface area contributed by atoms with Crippen molar-refractivity contribution in [3.05, 3.63) is 18.0 Å². The van der Waals surface area contributed by atoms with E-state index in [4.69, 9.17) is 9.84 Å². The van der Waals surface area contributed by atoms with Crippen LogP contribution in [-0.4, -0.2) is 51.4 Å². The topological polar surface area (TPSA) is 93.5 Å². The molecule has 1 aliphatic carbocycles. The molecule has 0 radical (unpaired) electrons. The standard InChI is InChI=1S/C13H15F2N3O4/c14-13(15)9-2-1-5-22-12(9,13)7-16-10(19)6-18-4-3-8(17-18)11(20)21/h3-4,9H,1-2,5-7H2,(H,16,19)(H,20,21)/t9-,12+/m1/s1. The Labute approximate surface area is 124 Å². The molecule has 0 spiro atoms. The fourth-order valence-electron chi connectivity index (χ4n) is 2.95. The van der Waals surface area contributed by atoms with Gasteiger partial charge in [0.15, 0.2) is 11.3 Å². The van der Waals surface area contributed by atoms with E-state index in [0.29, 0.717) is 12.8 Å². The van der Waals surface area contributed by atoms with Crippen LogP contribution in [0.2, 0.25) is 0 Å². The Kier molecular flexibility index (Phi) is 3.39. The minimum Gasteiger partial charge on any atom is -0.476 e. The summed E-state index contributed by atoms with van der Waals surface area (Å²) in [4.78, 5) is 22.5. The van der Waals surface area contributed by atoms with E-state index in [1.807, 2.05) is 0 Å². The van der Waals surface area contributed by atoms with Crippen molar-refractivity contribution in [3.8, 4) is 0 Å². The van der Waals surface area contributed by atoms with E-state index < -0.39 is 29.3 Å². The minimum absolute atomic E-state index is 0.184. The second kappa shape index (κ2) is 5.01. The third-order valence-electron chi connectivity index (χ3n) is 4.19. The number of fused-ring (bicyclic) bond motifs is 1. The molecule has 2 heterocycles. The van der Waals surface area contributed by atoms with Crippen LogP contribution in [0, 0.1) is 5.92 Å². The molecule has 1 saturated carbocycles. The highest BCUT2D eigenvalue weighted by Crippen LogP contribution is 2.64. The SMILES string of the molecule is O=C(Cn1ccc(C(=O)O)n1)NC[C@]12OCCC[C@H]1C2(F)F. The Morgan fingerprint density at radius 2 is 2.32 bits per heavy atom. The average Bonchev–Trinajstić information content (AvgIpc) is 2.78. The molecule has 2 fully saturated rings. The second-order valence-electron chi connectivity index (χ2n) is 5.54. The minimum atomic E-state index is -2.90. The van der Waals surface area contributed by atoms with E-state index >= 15 is 0 Å². The molecule has 2 atom stereocenters. The number of halogens is 2. The van der Waals surface area contributed by atoms with E-state index in [0.717, 1.165) is 4.68 Å². The molecular formula is C13H15F2N3O4. The summed E-state index contributed by atoms with van der Waals surface area (Å²) in [6, 6.07) is 1.25. The molecule has 120 valence electrons. The number of carboxylic acids is 1. The fourth-order valence-corrected chi connectivity index (χ4v) is 2.95. The maximum absolute atomic E-state index is 13.8. The Bertz CT molecular complexity index is 618. The first-order valence-corrected chi connectivity index (χ1v) is 6.92. The lowest BCUT2D eigenvalue weighted by molar-refractivity contribution is -0.124. The predicted octanol–water partition coefficient (Wildman–Crippen LogP) is 0.512. The quantitative estimate of drug-likeness (QED) is 0.826. The molecule has 1 aromatic heterocycles. The summed E-state index contributed by atoms with van der Waals surface area (Å²) in [7, 11) is 0. The molecule has 2 N–H and O–H groups in total. The number of aromatic nitrogens is 2. The highest BCUT2D eigenvalue weighted by molar-refractivity contribution is 5.85. The van der Waals surface area contributed by atoms with Gasteiger partial charge in [0.05, 0.1) is 12.5 Å². The van der Waals surface area contributed by atoms with Crippen LogP contribution in [-0.2, 0) is 16.1 Å². The van der Waals surface area contributed by atoms with E-state index in [1.165, 1.54) is 12.3 Å². The molecular weight excluding hydrogens is 300 g/mol. The van der Waals surface area contributed by atoms with Gasteiger partial charge in [-0.3, -0.25) is 9.48 Å². The molecule has 1 saturated heterocycles. The molecule has 9 heteroatoms. The third kappa shape index (κ3) is 2.25. The number of hydrogen-bond donors (Lipinski definition) is 2.